The summed E-state index contributed by atoms with van der Waals surface area (Å²) < 4.78 is 5.54. The van der Waals surface area contributed by atoms with E-state index in [4.69, 9.17) is 9.52 Å². The van der Waals surface area contributed by atoms with E-state index in [0.29, 0.717) is 28.3 Å². The lowest BCUT2D eigenvalue weighted by atomic mass is 9.70. The molecule has 2 aromatic heterocycles. The number of carbonyl (C=O) groups is 1. The predicted octanol–water partition coefficient (Wildman–Crippen LogP) is 6.34. The van der Waals surface area contributed by atoms with Crippen LogP contribution in [0.3, 0.4) is 0 Å². The highest BCUT2D eigenvalue weighted by Crippen LogP contribution is 2.64. The lowest BCUT2D eigenvalue weighted by Crippen LogP contribution is -2.32. The molecule has 1 amide bonds. The topological polar surface area (TPSA) is 86.8 Å². The Morgan fingerprint density at radius 3 is 2.72 bits per heavy atom. The van der Waals surface area contributed by atoms with E-state index in [1.54, 1.807) is 17.4 Å². The molecule has 2 bridgehead atoms. The number of carbonyl (C=O) groups excluding carboxylic acids is 1. The van der Waals surface area contributed by atoms with Crippen LogP contribution in [0.15, 0.2) is 74.4 Å². The largest absolute Gasteiger partial charge is 0.467 e. The minimum Gasteiger partial charge on any atom is -0.467 e. The van der Waals surface area contributed by atoms with E-state index in [1.807, 2.05) is 48.5 Å². The highest BCUT2D eigenvalue weighted by molar-refractivity contribution is 8.18. The van der Waals surface area contributed by atoms with Crippen molar-refractivity contribution in [3.05, 3.63) is 71.2 Å². The van der Waals surface area contributed by atoms with Gasteiger partial charge in [0.15, 0.2) is 5.17 Å². The molecule has 0 spiro atoms. The van der Waals surface area contributed by atoms with Crippen molar-refractivity contribution in [2.24, 2.45) is 27.0 Å². The standard InChI is InChI=1S/C28H29N5O2S/c1-27(2)20-11-12-28(27,3)23(15-20)30-32-26-33(17-21-10-7-13-35-21)25(34)22(36-26)14-19-16-29-31-24(19)18-8-5-4-6-9-18/h4-10,13-14,16,20H,11-12,15,17H2,1-3H3,(H,29,31)/b22-14-,30-23+,32-26+. The van der Waals surface area contributed by atoms with Gasteiger partial charge in [0.05, 0.1) is 29.6 Å². The maximum Gasteiger partial charge on any atom is 0.267 e. The Balaban J connectivity index is 1.35. The molecule has 2 saturated carbocycles. The molecule has 2 atom stereocenters. The summed E-state index contributed by atoms with van der Waals surface area (Å²) in [5.74, 6) is 1.23. The predicted molar refractivity (Wildman–Crippen MR) is 143 cm³/mol. The van der Waals surface area contributed by atoms with Crippen molar-refractivity contribution in [2.45, 2.75) is 46.6 Å². The molecule has 1 N–H and O–H groups in total. The number of nitrogens with one attached hydrogen (secondary N) is 1. The summed E-state index contributed by atoms with van der Waals surface area (Å²) in [6.45, 7) is 7.34. The minimum atomic E-state index is -0.116. The van der Waals surface area contributed by atoms with Crippen LogP contribution in [0.25, 0.3) is 17.3 Å². The zero-order chi connectivity index (χ0) is 24.9. The summed E-state index contributed by atoms with van der Waals surface area (Å²) in [5, 5.41) is 17.3. The number of aromatic amines is 1. The molecule has 3 heterocycles. The number of furan rings is 1. The van der Waals surface area contributed by atoms with Crippen molar-refractivity contribution in [3.63, 3.8) is 0 Å². The van der Waals surface area contributed by atoms with Gasteiger partial charge in [-0.05, 0) is 60.6 Å². The molecule has 1 aliphatic heterocycles. The van der Waals surface area contributed by atoms with Gasteiger partial charge in [-0.15, -0.1) is 5.10 Å². The van der Waals surface area contributed by atoms with Crippen LogP contribution >= 0.6 is 11.8 Å². The Kier molecular flexibility index (Phi) is 5.52. The van der Waals surface area contributed by atoms with Gasteiger partial charge in [-0.2, -0.15) is 10.2 Å². The Morgan fingerprint density at radius 1 is 1.19 bits per heavy atom. The number of hydrogen-bond acceptors (Lipinski definition) is 6. The number of hydrogen-bond donors (Lipinski definition) is 1. The van der Waals surface area contributed by atoms with E-state index in [9.17, 15) is 4.79 Å². The van der Waals surface area contributed by atoms with Crippen molar-refractivity contribution < 1.29 is 9.21 Å². The summed E-state index contributed by atoms with van der Waals surface area (Å²) >= 11 is 1.35. The molecule has 184 valence electrons. The molecule has 3 aromatic rings. The lowest BCUT2D eigenvalue weighted by Gasteiger charge is -2.34. The first kappa shape index (κ1) is 23.0. The zero-order valence-corrected chi connectivity index (χ0v) is 21.5. The highest BCUT2D eigenvalue weighted by Gasteiger charge is 2.60. The lowest BCUT2D eigenvalue weighted by molar-refractivity contribution is -0.122. The molecule has 0 radical (unpaired) electrons. The Labute approximate surface area is 214 Å². The molecule has 8 heteroatoms. The third-order valence-electron chi connectivity index (χ3n) is 8.57. The van der Waals surface area contributed by atoms with Crippen LogP contribution in [0.4, 0.5) is 0 Å². The van der Waals surface area contributed by atoms with Crippen LogP contribution < -0.4 is 0 Å². The number of rotatable bonds is 5. The number of nitrogens with zero attached hydrogens (tertiary/aromatic N) is 4. The van der Waals surface area contributed by atoms with Gasteiger partial charge >= 0.3 is 0 Å². The van der Waals surface area contributed by atoms with Crippen molar-refractivity contribution in [3.8, 4) is 11.3 Å². The first-order valence-electron chi connectivity index (χ1n) is 12.3. The maximum atomic E-state index is 13.5. The summed E-state index contributed by atoms with van der Waals surface area (Å²) in [5.41, 5.74) is 4.17. The number of fused-ring (bicyclic) bond motifs is 2. The number of amides is 1. The van der Waals surface area contributed by atoms with Gasteiger partial charge in [-0.1, -0.05) is 51.1 Å². The first-order chi connectivity index (χ1) is 17.4. The normalized spacial score (nSPS) is 28.3. The average molecular weight is 500 g/mol. The SMILES string of the molecule is CC12CCC(C/C1=N\N=C1\S/C(=C\c3cn[nH]c3-c3ccccc3)C(=O)N1Cc1ccco1)C2(C)C. The van der Waals surface area contributed by atoms with Crippen molar-refractivity contribution in [1.29, 1.82) is 0 Å². The van der Waals surface area contributed by atoms with E-state index in [2.05, 4.69) is 36.1 Å². The number of amidine groups is 1. The van der Waals surface area contributed by atoms with E-state index >= 15 is 0 Å². The molecule has 6 rings (SSSR count). The second-order valence-corrected chi connectivity index (χ2v) is 11.6. The van der Waals surface area contributed by atoms with Gasteiger partial charge < -0.3 is 4.42 Å². The number of benzene rings is 1. The molecule has 3 aliphatic rings. The third kappa shape index (κ3) is 3.66. The smallest absolute Gasteiger partial charge is 0.267 e. The van der Waals surface area contributed by atoms with Gasteiger partial charge in [0, 0.05) is 22.3 Å². The summed E-state index contributed by atoms with van der Waals surface area (Å²) in [6, 6.07) is 13.7. The van der Waals surface area contributed by atoms with Crippen molar-refractivity contribution in [2.75, 3.05) is 0 Å². The number of aromatic nitrogens is 2. The molecule has 1 aromatic carbocycles. The second kappa shape index (κ2) is 8.62. The van der Waals surface area contributed by atoms with E-state index in [1.165, 1.54) is 18.2 Å². The van der Waals surface area contributed by atoms with E-state index in [0.717, 1.165) is 35.4 Å². The zero-order valence-electron chi connectivity index (χ0n) is 20.7. The molecule has 2 aliphatic carbocycles. The van der Waals surface area contributed by atoms with Gasteiger partial charge in [-0.25, -0.2) is 0 Å². The van der Waals surface area contributed by atoms with E-state index < -0.39 is 0 Å². The van der Waals surface area contributed by atoms with Crippen LogP contribution in [-0.4, -0.2) is 31.9 Å². The molecule has 2 unspecified atom stereocenters. The van der Waals surface area contributed by atoms with Gasteiger partial charge in [-0.3, -0.25) is 14.8 Å². The molecule has 1 saturated heterocycles. The second-order valence-electron chi connectivity index (χ2n) is 10.6. The quantitative estimate of drug-likeness (QED) is 0.328. The fourth-order valence-corrected chi connectivity index (χ4v) is 6.76. The maximum absolute atomic E-state index is 13.5. The Morgan fingerprint density at radius 2 is 2.03 bits per heavy atom. The van der Waals surface area contributed by atoms with Crippen LogP contribution in [0.2, 0.25) is 0 Å². The number of H-pyrrole nitrogens is 1. The fourth-order valence-electron chi connectivity index (χ4n) is 5.85. The minimum absolute atomic E-state index is 0.0564. The van der Waals surface area contributed by atoms with Gasteiger partial charge in [0.2, 0.25) is 0 Å². The van der Waals surface area contributed by atoms with Crippen molar-refractivity contribution >= 4 is 34.6 Å². The van der Waals surface area contributed by atoms with Crippen LogP contribution in [0, 0.1) is 16.7 Å². The molecule has 3 fully saturated rings. The Bertz CT molecular complexity index is 1390. The average Bonchev–Trinajstić information content (AvgIpc) is 3.68. The molecule has 7 nitrogen and oxygen atoms in total. The molecular formula is C28H29N5O2S. The molecular weight excluding hydrogens is 470 g/mol. The van der Waals surface area contributed by atoms with Gasteiger partial charge in [0.25, 0.3) is 5.91 Å². The van der Waals surface area contributed by atoms with Crippen molar-refractivity contribution in [1.82, 2.24) is 15.1 Å². The van der Waals surface area contributed by atoms with Crippen LogP contribution in [0.5, 0.6) is 0 Å². The third-order valence-corrected chi connectivity index (χ3v) is 9.57. The molecule has 36 heavy (non-hydrogen) atoms. The number of thioether (sulfide) groups is 1. The van der Waals surface area contributed by atoms with E-state index in [-0.39, 0.29) is 16.7 Å². The first-order valence-corrected chi connectivity index (χ1v) is 13.2. The fraction of sp³-hybridized carbons (Fsp3) is 0.357. The summed E-state index contributed by atoms with van der Waals surface area (Å²) in [4.78, 5) is 15.8. The van der Waals surface area contributed by atoms with Gasteiger partial charge in [0.1, 0.15) is 5.76 Å². The Hall–Kier alpha value is -3.39. The van der Waals surface area contributed by atoms with Crippen LogP contribution in [-0.2, 0) is 11.3 Å². The highest BCUT2D eigenvalue weighted by atomic mass is 32.2. The summed E-state index contributed by atoms with van der Waals surface area (Å²) in [6.07, 6.45) is 8.61. The van der Waals surface area contributed by atoms with Crippen LogP contribution in [0.1, 0.15) is 51.4 Å². The monoisotopic (exact) mass is 499 g/mol. The summed E-state index contributed by atoms with van der Waals surface area (Å²) in [7, 11) is 0.